The highest BCUT2D eigenvalue weighted by Crippen LogP contribution is 2.23. The fourth-order valence-electron chi connectivity index (χ4n) is 3.82. The summed E-state index contributed by atoms with van der Waals surface area (Å²) in [6.07, 6.45) is 3.67. The van der Waals surface area contributed by atoms with Gasteiger partial charge >= 0.3 is 6.03 Å². The van der Waals surface area contributed by atoms with Crippen molar-refractivity contribution in [1.29, 1.82) is 0 Å². The number of piperidine rings is 2. The van der Waals surface area contributed by atoms with Gasteiger partial charge < -0.3 is 20.4 Å². The van der Waals surface area contributed by atoms with Crippen LogP contribution in [0.2, 0.25) is 0 Å². The molecule has 146 valence electrons. The van der Waals surface area contributed by atoms with E-state index in [-0.39, 0.29) is 17.8 Å². The molecular weight excluding hydrogens is 344 g/mol. The number of likely N-dealkylation sites (tertiary alicyclic amines) is 1. The lowest BCUT2D eigenvalue weighted by Crippen LogP contribution is -2.56. The summed E-state index contributed by atoms with van der Waals surface area (Å²) >= 11 is 0. The highest BCUT2D eigenvalue weighted by molar-refractivity contribution is 5.99. The van der Waals surface area contributed by atoms with Gasteiger partial charge in [0.1, 0.15) is 6.04 Å². The minimum absolute atomic E-state index is 0.0460. The van der Waals surface area contributed by atoms with Crippen molar-refractivity contribution in [1.82, 2.24) is 15.5 Å². The molecule has 0 bridgehead atoms. The molecule has 2 saturated heterocycles. The summed E-state index contributed by atoms with van der Waals surface area (Å²) in [4.78, 5) is 40.4. The lowest BCUT2D eigenvalue weighted by atomic mass is 9.93. The zero-order valence-electron chi connectivity index (χ0n) is 15.8. The van der Waals surface area contributed by atoms with Gasteiger partial charge in [-0.15, -0.1) is 0 Å². The van der Waals surface area contributed by atoms with E-state index in [1.165, 1.54) is 0 Å². The highest BCUT2D eigenvalue weighted by atomic mass is 16.2. The summed E-state index contributed by atoms with van der Waals surface area (Å²) in [5.74, 6) is 0.320. The third-order valence-corrected chi connectivity index (χ3v) is 5.46. The molecule has 2 aliphatic heterocycles. The second-order valence-electron chi connectivity index (χ2n) is 7.28. The van der Waals surface area contributed by atoms with Crippen LogP contribution in [0.1, 0.15) is 32.1 Å². The van der Waals surface area contributed by atoms with E-state index in [9.17, 15) is 14.4 Å². The molecule has 0 aliphatic carbocycles. The second-order valence-corrected chi connectivity index (χ2v) is 7.28. The van der Waals surface area contributed by atoms with E-state index in [2.05, 4.69) is 10.6 Å². The van der Waals surface area contributed by atoms with Crippen molar-refractivity contribution in [2.24, 2.45) is 5.92 Å². The van der Waals surface area contributed by atoms with E-state index in [0.717, 1.165) is 24.9 Å². The van der Waals surface area contributed by atoms with Gasteiger partial charge in [0.05, 0.1) is 0 Å². The van der Waals surface area contributed by atoms with Crippen molar-refractivity contribution >= 4 is 23.5 Å². The number of anilines is 1. The molecule has 0 saturated carbocycles. The molecule has 27 heavy (non-hydrogen) atoms. The van der Waals surface area contributed by atoms with Gasteiger partial charge in [-0.1, -0.05) is 18.2 Å². The maximum absolute atomic E-state index is 12.8. The predicted octanol–water partition coefficient (Wildman–Crippen LogP) is 1.74. The van der Waals surface area contributed by atoms with Crippen LogP contribution in [0.25, 0.3) is 0 Å². The van der Waals surface area contributed by atoms with Gasteiger partial charge in [-0.25, -0.2) is 4.79 Å². The number of hydrogen-bond donors (Lipinski definition) is 2. The third kappa shape index (κ3) is 4.78. The van der Waals surface area contributed by atoms with E-state index in [4.69, 9.17) is 0 Å². The molecular formula is C20H28N4O3. The topological polar surface area (TPSA) is 81.8 Å². The van der Waals surface area contributed by atoms with Crippen molar-refractivity contribution in [3.63, 3.8) is 0 Å². The standard InChI is InChI=1S/C20H28N4O3/c1-21-18(25)14-15-9-12-23(13-10-15)20(27)22-17-8-5-11-24(19(17)26)16-6-3-2-4-7-16/h2-4,6-7,15,17H,5,8-14H2,1H3,(H,21,25)(H,22,27). The Hall–Kier alpha value is -2.57. The monoisotopic (exact) mass is 372 g/mol. The lowest BCUT2D eigenvalue weighted by molar-refractivity contribution is -0.122. The summed E-state index contributed by atoms with van der Waals surface area (Å²) in [7, 11) is 1.64. The van der Waals surface area contributed by atoms with Crippen LogP contribution in [0.5, 0.6) is 0 Å². The Morgan fingerprint density at radius 2 is 1.78 bits per heavy atom. The van der Waals surface area contributed by atoms with Crippen LogP contribution in [0.15, 0.2) is 30.3 Å². The van der Waals surface area contributed by atoms with Gasteiger partial charge in [0.2, 0.25) is 11.8 Å². The summed E-state index contributed by atoms with van der Waals surface area (Å²) in [6.45, 7) is 1.92. The van der Waals surface area contributed by atoms with Crippen LogP contribution >= 0.6 is 0 Å². The number of urea groups is 1. The Bertz CT molecular complexity index is 671. The first kappa shape index (κ1) is 19.2. The first-order chi connectivity index (χ1) is 13.1. The second kappa shape index (κ2) is 8.88. The maximum atomic E-state index is 12.8. The Balaban J connectivity index is 1.52. The van der Waals surface area contributed by atoms with E-state index in [1.54, 1.807) is 16.8 Å². The molecule has 1 atom stereocenters. The minimum atomic E-state index is -0.477. The number of rotatable bonds is 4. The van der Waals surface area contributed by atoms with Crippen molar-refractivity contribution in [3.05, 3.63) is 30.3 Å². The number of benzene rings is 1. The third-order valence-electron chi connectivity index (χ3n) is 5.46. The van der Waals surface area contributed by atoms with Crippen molar-refractivity contribution in [3.8, 4) is 0 Å². The number of amides is 4. The fourth-order valence-corrected chi connectivity index (χ4v) is 3.82. The molecule has 2 N–H and O–H groups in total. The number of para-hydroxylation sites is 1. The number of carbonyl (C=O) groups excluding carboxylic acids is 3. The van der Waals surface area contributed by atoms with Crippen molar-refractivity contribution in [2.45, 2.75) is 38.1 Å². The largest absolute Gasteiger partial charge is 0.359 e. The van der Waals surface area contributed by atoms with Crippen LogP contribution in [-0.4, -0.2) is 55.5 Å². The molecule has 2 fully saturated rings. The van der Waals surface area contributed by atoms with Gasteiger partial charge in [-0.05, 0) is 43.7 Å². The highest BCUT2D eigenvalue weighted by Gasteiger charge is 2.32. The summed E-state index contributed by atoms with van der Waals surface area (Å²) in [5.41, 5.74) is 0.872. The molecule has 0 spiro atoms. The van der Waals surface area contributed by atoms with Crippen LogP contribution in [-0.2, 0) is 9.59 Å². The molecule has 1 aromatic rings. The normalized spacial score (nSPS) is 21.1. The smallest absolute Gasteiger partial charge is 0.318 e. The Labute approximate surface area is 160 Å². The summed E-state index contributed by atoms with van der Waals surface area (Å²) < 4.78 is 0. The number of nitrogens with zero attached hydrogens (tertiary/aromatic N) is 2. The zero-order chi connectivity index (χ0) is 19.2. The molecule has 7 nitrogen and oxygen atoms in total. The minimum Gasteiger partial charge on any atom is -0.359 e. The van der Waals surface area contributed by atoms with Crippen molar-refractivity contribution in [2.75, 3.05) is 31.6 Å². The number of hydrogen-bond acceptors (Lipinski definition) is 3. The SMILES string of the molecule is CNC(=O)CC1CCN(C(=O)NC2CCCN(c3ccccc3)C2=O)CC1. The van der Waals surface area contributed by atoms with Gasteiger partial charge in [-0.3, -0.25) is 9.59 Å². The van der Waals surface area contributed by atoms with Gasteiger partial charge in [0.25, 0.3) is 0 Å². The molecule has 1 unspecified atom stereocenters. The predicted molar refractivity (Wildman–Crippen MR) is 103 cm³/mol. The van der Waals surface area contributed by atoms with Crippen LogP contribution in [0.3, 0.4) is 0 Å². The summed E-state index contributed by atoms with van der Waals surface area (Å²) in [5, 5.41) is 5.57. The average Bonchev–Trinajstić information content (AvgIpc) is 2.70. The van der Waals surface area contributed by atoms with Crippen LogP contribution < -0.4 is 15.5 Å². The number of carbonyl (C=O) groups is 3. The Morgan fingerprint density at radius 1 is 1.07 bits per heavy atom. The molecule has 1 aromatic carbocycles. The fraction of sp³-hybridized carbons (Fsp3) is 0.550. The Morgan fingerprint density at radius 3 is 2.44 bits per heavy atom. The zero-order valence-corrected chi connectivity index (χ0v) is 15.8. The molecule has 7 heteroatoms. The van der Waals surface area contributed by atoms with E-state index in [0.29, 0.717) is 38.4 Å². The molecule has 2 aliphatic rings. The maximum Gasteiger partial charge on any atom is 0.318 e. The molecule has 2 heterocycles. The first-order valence-electron chi connectivity index (χ1n) is 9.71. The molecule has 4 amide bonds. The van der Waals surface area contributed by atoms with Gasteiger partial charge in [0, 0.05) is 38.8 Å². The Kier molecular flexibility index (Phi) is 6.32. The van der Waals surface area contributed by atoms with Crippen molar-refractivity contribution < 1.29 is 14.4 Å². The van der Waals surface area contributed by atoms with Crippen LogP contribution in [0.4, 0.5) is 10.5 Å². The lowest BCUT2D eigenvalue weighted by Gasteiger charge is -2.36. The molecule has 0 radical (unpaired) electrons. The average molecular weight is 372 g/mol. The molecule has 3 rings (SSSR count). The first-order valence-corrected chi connectivity index (χ1v) is 9.71. The molecule has 0 aromatic heterocycles. The van der Waals surface area contributed by atoms with E-state index >= 15 is 0 Å². The quantitative estimate of drug-likeness (QED) is 0.845. The summed E-state index contributed by atoms with van der Waals surface area (Å²) in [6, 6.07) is 8.92. The number of nitrogens with one attached hydrogen (secondary N) is 2. The van der Waals surface area contributed by atoms with Gasteiger partial charge in [-0.2, -0.15) is 0 Å². The van der Waals surface area contributed by atoms with E-state index < -0.39 is 6.04 Å². The van der Waals surface area contributed by atoms with E-state index in [1.807, 2.05) is 30.3 Å². The van der Waals surface area contributed by atoms with Crippen LogP contribution in [0, 0.1) is 5.92 Å². The van der Waals surface area contributed by atoms with Gasteiger partial charge in [0.15, 0.2) is 0 Å².